The van der Waals surface area contributed by atoms with Crippen LogP contribution in [0.2, 0.25) is 0 Å². The Balaban J connectivity index is 1.54. The number of benzene rings is 1. The van der Waals surface area contributed by atoms with E-state index in [1.807, 2.05) is 49.9 Å². The quantitative estimate of drug-likeness (QED) is 0.605. The Hall–Kier alpha value is -1.71. The molecular formula is C19H28N4O3S2. The molecule has 28 heavy (non-hydrogen) atoms. The van der Waals surface area contributed by atoms with Gasteiger partial charge in [-0.2, -0.15) is 5.10 Å². The van der Waals surface area contributed by atoms with Gasteiger partial charge in [0.2, 0.25) is 0 Å². The number of rotatable bonds is 8. The predicted octanol–water partition coefficient (Wildman–Crippen LogP) is 2.21. The van der Waals surface area contributed by atoms with Gasteiger partial charge in [-0.05, 0) is 56.2 Å². The average Bonchev–Trinajstić information content (AvgIpc) is 3.09. The summed E-state index contributed by atoms with van der Waals surface area (Å²) in [5, 5.41) is 4.64. The third-order valence-corrected chi connectivity index (χ3v) is 7.36. The predicted molar refractivity (Wildman–Crippen MR) is 112 cm³/mol. The molecule has 0 aliphatic carbocycles. The van der Waals surface area contributed by atoms with Crippen molar-refractivity contribution in [3.8, 4) is 5.75 Å². The van der Waals surface area contributed by atoms with Crippen molar-refractivity contribution in [2.24, 2.45) is 13.0 Å². The summed E-state index contributed by atoms with van der Waals surface area (Å²) in [5.41, 5.74) is 1.17. The first-order valence-electron chi connectivity index (χ1n) is 9.44. The van der Waals surface area contributed by atoms with E-state index < -0.39 is 9.84 Å². The van der Waals surface area contributed by atoms with Crippen molar-refractivity contribution in [3.63, 3.8) is 0 Å². The third kappa shape index (κ3) is 5.42. The van der Waals surface area contributed by atoms with Crippen LogP contribution in [0.1, 0.15) is 17.8 Å². The van der Waals surface area contributed by atoms with Crippen molar-refractivity contribution in [2.45, 2.75) is 26.4 Å². The fourth-order valence-electron chi connectivity index (χ4n) is 3.42. The Morgan fingerprint density at radius 3 is 2.86 bits per heavy atom. The number of aryl methyl sites for hydroxylation is 1. The zero-order valence-corrected chi connectivity index (χ0v) is 18.3. The van der Waals surface area contributed by atoms with E-state index >= 15 is 0 Å². The maximum atomic E-state index is 11.7. The second-order valence-corrected chi connectivity index (χ2v) is 10.2. The third-order valence-electron chi connectivity index (χ3n) is 5.04. The van der Waals surface area contributed by atoms with Crippen LogP contribution in [-0.2, 0) is 30.0 Å². The highest BCUT2D eigenvalue weighted by Crippen LogP contribution is 2.22. The van der Waals surface area contributed by atoms with Crippen LogP contribution in [-0.4, -0.2) is 59.4 Å². The molecule has 7 nitrogen and oxygen atoms in total. The van der Waals surface area contributed by atoms with Gasteiger partial charge in [-0.3, -0.25) is 4.90 Å². The standard InChI is InChI=1S/C19H28N4O3S2/c1-15-5-4-6-17(11-15)26-9-8-21(2)14-23-19(27)22(3)18(20-23)12-16-7-10-28(24,25)13-16/h4-6,11,16H,7-10,12-14H2,1-3H3. The van der Waals surface area contributed by atoms with Crippen LogP contribution in [0.25, 0.3) is 0 Å². The molecule has 154 valence electrons. The van der Waals surface area contributed by atoms with E-state index in [2.05, 4.69) is 10.00 Å². The van der Waals surface area contributed by atoms with Gasteiger partial charge in [0.15, 0.2) is 14.6 Å². The SMILES string of the molecule is Cc1cccc(OCCN(C)Cn2nc(CC3CCS(=O)(=O)C3)n(C)c2=S)c1. The summed E-state index contributed by atoms with van der Waals surface area (Å²) in [4.78, 5) is 2.10. The summed E-state index contributed by atoms with van der Waals surface area (Å²) in [5.74, 6) is 2.39. The Kier molecular flexibility index (Phi) is 6.57. The van der Waals surface area contributed by atoms with E-state index in [-0.39, 0.29) is 17.4 Å². The van der Waals surface area contributed by atoms with Crippen molar-refractivity contribution in [1.82, 2.24) is 19.2 Å². The minimum absolute atomic E-state index is 0.134. The van der Waals surface area contributed by atoms with Crippen LogP contribution in [0.15, 0.2) is 24.3 Å². The first-order chi connectivity index (χ1) is 13.2. The molecule has 2 heterocycles. The van der Waals surface area contributed by atoms with Gasteiger partial charge in [-0.1, -0.05) is 12.1 Å². The molecule has 0 N–H and O–H groups in total. The fraction of sp³-hybridized carbons (Fsp3) is 0.579. The van der Waals surface area contributed by atoms with Gasteiger partial charge in [0, 0.05) is 20.0 Å². The van der Waals surface area contributed by atoms with E-state index in [4.69, 9.17) is 17.0 Å². The van der Waals surface area contributed by atoms with Gasteiger partial charge in [0.1, 0.15) is 18.2 Å². The van der Waals surface area contributed by atoms with Crippen molar-refractivity contribution >= 4 is 22.1 Å². The average molecular weight is 425 g/mol. The number of likely N-dealkylation sites (N-methyl/N-ethyl adjacent to an activating group) is 1. The zero-order valence-electron chi connectivity index (χ0n) is 16.7. The van der Waals surface area contributed by atoms with Crippen molar-refractivity contribution < 1.29 is 13.2 Å². The molecule has 1 atom stereocenters. The summed E-state index contributed by atoms with van der Waals surface area (Å²) in [7, 11) is 1.01. The fourth-order valence-corrected chi connectivity index (χ4v) is 5.48. The lowest BCUT2D eigenvalue weighted by molar-refractivity contribution is 0.197. The van der Waals surface area contributed by atoms with Gasteiger partial charge < -0.3 is 9.30 Å². The van der Waals surface area contributed by atoms with Gasteiger partial charge in [-0.25, -0.2) is 13.1 Å². The van der Waals surface area contributed by atoms with Gasteiger partial charge in [0.05, 0.1) is 18.2 Å². The second-order valence-electron chi connectivity index (χ2n) is 7.62. The Morgan fingerprint density at radius 1 is 1.39 bits per heavy atom. The maximum absolute atomic E-state index is 11.7. The molecule has 1 aliphatic rings. The molecule has 1 saturated heterocycles. The highest BCUT2D eigenvalue weighted by molar-refractivity contribution is 7.91. The van der Waals surface area contributed by atoms with Gasteiger partial charge >= 0.3 is 0 Å². The summed E-state index contributed by atoms with van der Waals surface area (Å²) in [6.45, 7) is 3.92. The van der Waals surface area contributed by atoms with Crippen molar-refractivity contribution in [1.29, 1.82) is 0 Å². The minimum Gasteiger partial charge on any atom is -0.492 e. The molecule has 0 saturated carbocycles. The first kappa shape index (κ1) is 21.0. The lowest BCUT2D eigenvalue weighted by Crippen LogP contribution is -2.27. The topological polar surface area (TPSA) is 69.4 Å². The molecule has 2 aromatic rings. The van der Waals surface area contributed by atoms with Crippen LogP contribution >= 0.6 is 12.2 Å². The van der Waals surface area contributed by atoms with Gasteiger partial charge in [-0.15, -0.1) is 0 Å². The van der Waals surface area contributed by atoms with E-state index in [0.29, 0.717) is 30.9 Å². The molecule has 0 bridgehead atoms. The van der Waals surface area contributed by atoms with E-state index in [0.717, 1.165) is 18.1 Å². The molecule has 1 unspecified atom stereocenters. The molecule has 1 aliphatic heterocycles. The molecular weight excluding hydrogens is 396 g/mol. The molecule has 3 rings (SSSR count). The highest BCUT2D eigenvalue weighted by atomic mass is 32.2. The maximum Gasteiger partial charge on any atom is 0.198 e. The minimum atomic E-state index is -2.88. The number of hydrogen-bond donors (Lipinski definition) is 0. The Bertz CT molecular complexity index is 981. The van der Waals surface area contributed by atoms with E-state index in [1.54, 1.807) is 4.68 Å². The van der Waals surface area contributed by atoms with Crippen LogP contribution in [0, 0.1) is 17.6 Å². The summed E-state index contributed by atoms with van der Waals surface area (Å²) in [6, 6.07) is 8.00. The number of hydrogen-bond acceptors (Lipinski definition) is 6. The first-order valence-corrected chi connectivity index (χ1v) is 11.7. The lowest BCUT2D eigenvalue weighted by atomic mass is 10.1. The highest BCUT2D eigenvalue weighted by Gasteiger charge is 2.29. The summed E-state index contributed by atoms with van der Waals surface area (Å²) >= 11 is 5.51. The van der Waals surface area contributed by atoms with Crippen LogP contribution in [0.4, 0.5) is 0 Å². The summed E-state index contributed by atoms with van der Waals surface area (Å²) < 4.78 is 33.5. The molecule has 1 aromatic heterocycles. The zero-order chi connectivity index (χ0) is 20.3. The second kappa shape index (κ2) is 8.75. The Labute approximate surface area is 171 Å². The van der Waals surface area contributed by atoms with E-state index in [9.17, 15) is 8.42 Å². The summed E-state index contributed by atoms with van der Waals surface area (Å²) in [6.07, 6.45) is 1.35. The molecule has 0 amide bonds. The molecule has 0 spiro atoms. The molecule has 0 radical (unpaired) electrons. The number of sulfone groups is 1. The van der Waals surface area contributed by atoms with Crippen LogP contribution in [0.5, 0.6) is 5.75 Å². The van der Waals surface area contributed by atoms with Crippen molar-refractivity contribution in [2.75, 3.05) is 31.7 Å². The van der Waals surface area contributed by atoms with Crippen LogP contribution < -0.4 is 4.74 Å². The monoisotopic (exact) mass is 424 g/mol. The lowest BCUT2D eigenvalue weighted by Gasteiger charge is -2.16. The number of nitrogens with zero attached hydrogens (tertiary/aromatic N) is 4. The number of aromatic nitrogens is 3. The molecule has 1 aromatic carbocycles. The molecule has 1 fully saturated rings. The normalized spacial score (nSPS) is 18.6. The number of ether oxygens (including phenoxy) is 1. The van der Waals surface area contributed by atoms with Crippen molar-refractivity contribution in [3.05, 3.63) is 40.4 Å². The van der Waals surface area contributed by atoms with E-state index in [1.165, 1.54) is 5.56 Å². The molecule has 9 heteroatoms. The van der Waals surface area contributed by atoms with Crippen LogP contribution in [0.3, 0.4) is 0 Å². The largest absolute Gasteiger partial charge is 0.492 e. The smallest absolute Gasteiger partial charge is 0.198 e. The Morgan fingerprint density at radius 2 is 2.18 bits per heavy atom. The van der Waals surface area contributed by atoms with Gasteiger partial charge in [0.25, 0.3) is 0 Å².